The van der Waals surface area contributed by atoms with Crippen LogP contribution in [0.25, 0.3) is 21.7 Å². The van der Waals surface area contributed by atoms with Gasteiger partial charge in [-0.05, 0) is 41.0 Å². The standard InChI is InChI=1S/C21H17NO2/c1-2-14-7-4-6-10-18(14)22-21(23)20-13-17-16-9-5-3-8-15(16)11-12-19(17)24-20/h3-13H,2H2,1H3,(H,22,23). The van der Waals surface area contributed by atoms with E-state index in [1.807, 2.05) is 60.7 Å². The van der Waals surface area contributed by atoms with E-state index in [0.29, 0.717) is 5.76 Å². The van der Waals surface area contributed by atoms with Crippen molar-refractivity contribution in [3.05, 3.63) is 78.1 Å². The van der Waals surface area contributed by atoms with E-state index in [9.17, 15) is 4.79 Å². The van der Waals surface area contributed by atoms with Gasteiger partial charge in [0, 0.05) is 11.1 Å². The molecule has 0 saturated carbocycles. The summed E-state index contributed by atoms with van der Waals surface area (Å²) in [4.78, 5) is 12.6. The molecule has 4 rings (SSSR count). The molecule has 0 bridgehead atoms. The number of benzene rings is 3. The minimum atomic E-state index is -0.226. The van der Waals surface area contributed by atoms with E-state index < -0.39 is 0 Å². The second-order valence-corrected chi connectivity index (χ2v) is 5.77. The number of nitrogens with one attached hydrogen (secondary N) is 1. The minimum Gasteiger partial charge on any atom is -0.451 e. The molecule has 1 N–H and O–H groups in total. The van der Waals surface area contributed by atoms with E-state index >= 15 is 0 Å². The van der Waals surface area contributed by atoms with Gasteiger partial charge in [0.05, 0.1) is 0 Å². The van der Waals surface area contributed by atoms with Crippen LogP contribution in [-0.2, 0) is 6.42 Å². The van der Waals surface area contributed by atoms with Crippen molar-refractivity contribution >= 4 is 33.3 Å². The first-order chi connectivity index (χ1) is 11.8. The Morgan fingerprint density at radius 3 is 2.62 bits per heavy atom. The van der Waals surface area contributed by atoms with Crippen LogP contribution in [-0.4, -0.2) is 5.91 Å². The summed E-state index contributed by atoms with van der Waals surface area (Å²) in [5.41, 5.74) is 2.66. The Balaban J connectivity index is 1.73. The van der Waals surface area contributed by atoms with Crippen molar-refractivity contribution in [2.45, 2.75) is 13.3 Å². The summed E-state index contributed by atoms with van der Waals surface area (Å²) in [6, 6.07) is 21.7. The molecule has 1 amide bonds. The zero-order chi connectivity index (χ0) is 16.5. The second-order valence-electron chi connectivity index (χ2n) is 5.77. The molecule has 24 heavy (non-hydrogen) atoms. The molecule has 0 spiro atoms. The summed E-state index contributed by atoms with van der Waals surface area (Å²) >= 11 is 0. The fraction of sp³-hybridized carbons (Fsp3) is 0.0952. The molecule has 1 aromatic heterocycles. The quantitative estimate of drug-likeness (QED) is 0.550. The monoisotopic (exact) mass is 315 g/mol. The van der Waals surface area contributed by atoms with Crippen molar-refractivity contribution in [3.8, 4) is 0 Å². The SMILES string of the molecule is CCc1ccccc1NC(=O)c1cc2c(ccc3ccccc32)o1. The van der Waals surface area contributed by atoms with Crippen molar-refractivity contribution in [1.82, 2.24) is 0 Å². The van der Waals surface area contributed by atoms with Gasteiger partial charge in [0.25, 0.3) is 5.91 Å². The molecular weight excluding hydrogens is 298 g/mol. The number of para-hydroxylation sites is 1. The smallest absolute Gasteiger partial charge is 0.291 e. The molecule has 0 saturated heterocycles. The molecule has 3 nitrogen and oxygen atoms in total. The Morgan fingerprint density at radius 2 is 1.75 bits per heavy atom. The van der Waals surface area contributed by atoms with Crippen molar-refractivity contribution in [2.75, 3.05) is 5.32 Å². The second kappa shape index (κ2) is 5.85. The molecule has 4 aromatic rings. The van der Waals surface area contributed by atoms with Crippen LogP contribution in [0.3, 0.4) is 0 Å². The number of fused-ring (bicyclic) bond motifs is 3. The van der Waals surface area contributed by atoms with Crippen LogP contribution in [0.2, 0.25) is 0 Å². The van der Waals surface area contributed by atoms with Crippen LogP contribution in [0.5, 0.6) is 0 Å². The summed E-state index contributed by atoms with van der Waals surface area (Å²) < 4.78 is 5.77. The van der Waals surface area contributed by atoms with Gasteiger partial charge in [-0.3, -0.25) is 4.79 Å². The highest BCUT2D eigenvalue weighted by Crippen LogP contribution is 2.28. The number of aryl methyl sites for hydroxylation is 1. The van der Waals surface area contributed by atoms with E-state index in [1.54, 1.807) is 0 Å². The van der Waals surface area contributed by atoms with E-state index in [1.165, 1.54) is 0 Å². The third kappa shape index (κ3) is 2.44. The molecule has 118 valence electrons. The van der Waals surface area contributed by atoms with E-state index in [2.05, 4.69) is 18.3 Å². The summed E-state index contributed by atoms with van der Waals surface area (Å²) in [6.45, 7) is 2.07. The lowest BCUT2D eigenvalue weighted by Gasteiger charge is -2.07. The molecule has 0 fully saturated rings. The Bertz CT molecular complexity index is 1050. The third-order valence-corrected chi connectivity index (χ3v) is 4.30. The van der Waals surface area contributed by atoms with Gasteiger partial charge >= 0.3 is 0 Å². The molecule has 0 unspecified atom stereocenters. The molecule has 0 radical (unpaired) electrons. The molecule has 1 heterocycles. The van der Waals surface area contributed by atoms with Crippen LogP contribution in [0.4, 0.5) is 5.69 Å². The number of amides is 1. The average molecular weight is 315 g/mol. The summed E-state index contributed by atoms with van der Waals surface area (Å²) in [5.74, 6) is 0.100. The number of hydrogen-bond acceptors (Lipinski definition) is 2. The zero-order valence-corrected chi connectivity index (χ0v) is 13.4. The molecule has 3 heteroatoms. The Hall–Kier alpha value is -3.07. The summed E-state index contributed by atoms with van der Waals surface area (Å²) in [6.07, 6.45) is 0.862. The number of hydrogen-bond donors (Lipinski definition) is 1. The van der Waals surface area contributed by atoms with Crippen LogP contribution in [0, 0.1) is 0 Å². The molecule has 0 aliphatic rings. The van der Waals surface area contributed by atoms with Crippen molar-refractivity contribution in [2.24, 2.45) is 0 Å². The topological polar surface area (TPSA) is 42.2 Å². The van der Waals surface area contributed by atoms with E-state index in [0.717, 1.165) is 39.4 Å². The first-order valence-electron chi connectivity index (χ1n) is 8.07. The van der Waals surface area contributed by atoms with Gasteiger partial charge in [0.2, 0.25) is 0 Å². The first-order valence-corrected chi connectivity index (χ1v) is 8.07. The van der Waals surface area contributed by atoms with Gasteiger partial charge in [0.15, 0.2) is 5.76 Å². The van der Waals surface area contributed by atoms with Crippen LogP contribution in [0.1, 0.15) is 23.0 Å². The lowest BCUT2D eigenvalue weighted by Crippen LogP contribution is -2.12. The number of furan rings is 1. The third-order valence-electron chi connectivity index (χ3n) is 4.30. The Morgan fingerprint density at radius 1 is 0.958 bits per heavy atom. The molecular formula is C21H17NO2. The highest BCUT2D eigenvalue weighted by Gasteiger charge is 2.15. The van der Waals surface area contributed by atoms with Gasteiger partial charge in [-0.1, -0.05) is 55.5 Å². The van der Waals surface area contributed by atoms with Gasteiger partial charge in [-0.2, -0.15) is 0 Å². The summed E-state index contributed by atoms with van der Waals surface area (Å²) in [7, 11) is 0. The van der Waals surface area contributed by atoms with Crippen LogP contribution in [0.15, 0.2) is 71.1 Å². The maximum Gasteiger partial charge on any atom is 0.291 e. The predicted molar refractivity (Wildman–Crippen MR) is 97.5 cm³/mol. The van der Waals surface area contributed by atoms with Crippen molar-refractivity contribution < 1.29 is 9.21 Å². The Kier molecular flexibility index (Phi) is 3.54. The maximum atomic E-state index is 12.6. The van der Waals surface area contributed by atoms with Crippen molar-refractivity contribution in [1.29, 1.82) is 0 Å². The van der Waals surface area contributed by atoms with Gasteiger partial charge in [-0.25, -0.2) is 0 Å². The Labute approximate surface area is 139 Å². The molecule has 0 aliphatic carbocycles. The fourth-order valence-electron chi connectivity index (χ4n) is 3.04. The van der Waals surface area contributed by atoms with Gasteiger partial charge in [-0.15, -0.1) is 0 Å². The molecule has 3 aromatic carbocycles. The lowest BCUT2D eigenvalue weighted by atomic mass is 10.1. The normalized spacial score (nSPS) is 11.0. The molecule has 0 aliphatic heterocycles. The number of anilines is 1. The average Bonchev–Trinajstić information content (AvgIpc) is 3.07. The van der Waals surface area contributed by atoms with Crippen LogP contribution >= 0.6 is 0 Å². The number of carbonyl (C=O) groups excluding carboxylic acids is 1. The highest BCUT2D eigenvalue weighted by atomic mass is 16.3. The molecule has 0 atom stereocenters. The lowest BCUT2D eigenvalue weighted by molar-refractivity contribution is 0.0998. The number of carbonyl (C=O) groups is 1. The zero-order valence-electron chi connectivity index (χ0n) is 13.4. The van der Waals surface area contributed by atoms with Gasteiger partial charge < -0.3 is 9.73 Å². The first kappa shape index (κ1) is 14.5. The summed E-state index contributed by atoms with van der Waals surface area (Å²) in [5, 5.41) is 6.14. The predicted octanol–water partition coefficient (Wildman–Crippen LogP) is 5.40. The van der Waals surface area contributed by atoms with Crippen LogP contribution < -0.4 is 5.32 Å². The minimum absolute atomic E-state index is 0.226. The fourth-order valence-corrected chi connectivity index (χ4v) is 3.04. The maximum absolute atomic E-state index is 12.6. The largest absolute Gasteiger partial charge is 0.451 e. The van der Waals surface area contributed by atoms with E-state index in [-0.39, 0.29) is 5.91 Å². The van der Waals surface area contributed by atoms with E-state index in [4.69, 9.17) is 4.42 Å². The highest BCUT2D eigenvalue weighted by molar-refractivity contribution is 6.10. The van der Waals surface area contributed by atoms with Gasteiger partial charge in [0.1, 0.15) is 5.58 Å². The number of rotatable bonds is 3. The van der Waals surface area contributed by atoms with Crippen molar-refractivity contribution in [3.63, 3.8) is 0 Å².